The number of aromatic nitrogens is 1. The Kier molecular flexibility index (Phi) is 3.88. The van der Waals surface area contributed by atoms with E-state index in [0.29, 0.717) is 11.5 Å². The lowest BCUT2D eigenvalue weighted by Gasteiger charge is -2.27. The molecule has 0 radical (unpaired) electrons. The fraction of sp³-hybridized carbons (Fsp3) is 0.500. The maximum atomic E-state index is 12.0. The van der Waals surface area contributed by atoms with Gasteiger partial charge < -0.3 is 9.88 Å². The number of H-pyrrole nitrogens is 1. The number of amides is 1. The second kappa shape index (κ2) is 4.96. The summed E-state index contributed by atoms with van der Waals surface area (Å²) < 4.78 is 0. The molecule has 1 atom stereocenters. The number of carbonyl (C=O) groups excluding carboxylic acids is 1. The van der Waals surface area contributed by atoms with Gasteiger partial charge in [-0.2, -0.15) is 0 Å². The van der Waals surface area contributed by atoms with Crippen LogP contribution in [0.4, 0.5) is 0 Å². The lowest BCUT2D eigenvalue weighted by atomic mass is 10.0. The molecule has 16 heavy (non-hydrogen) atoms. The highest BCUT2D eigenvalue weighted by molar-refractivity contribution is 5.93. The predicted molar refractivity (Wildman–Crippen MR) is 63.5 cm³/mol. The van der Waals surface area contributed by atoms with Crippen LogP contribution in [0.15, 0.2) is 23.1 Å². The number of rotatable bonds is 3. The standard InChI is InChI=1S/C12H18N2O2/c1-8(2)9(3)14(4)12(16)10-5-6-11(15)13-7-10/h5-9H,1-4H3,(H,13,15). The van der Waals surface area contributed by atoms with Gasteiger partial charge in [0, 0.05) is 25.4 Å². The van der Waals surface area contributed by atoms with E-state index in [0.717, 1.165) is 0 Å². The van der Waals surface area contributed by atoms with Gasteiger partial charge in [0.05, 0.1) is 5.56 Å². The molecule has 1 N–H and O–H groups in total. The molecular formula is C12H18N2O2. The van der Waals surface area contributed by atoms with Crippen LogP contribution in [0.2, 0.25) is 0 Å². The average Bonchev–Trinajstić information content (AvgIpc) is 2.27. The zero-order valence-corrected chi connectivity index (χ0v) is 10.2. The minimum Gasteiger partial charge on any atom is -0.339 e. The molecule has 0 saturated carbocycles. The van der Waals surface area contributed by atoms with Crippen molar-refractivity contribution in [2.45, 2.75) is 26.8 Å². The van der Waals surface area contributed by atoms with E-state index in [2.05, 4.69) is 18.8 Å². The molecule has 0 aromatic carbocycles. The number of aromatic amines is 1. The summed E-state index contributed by atoms with van der Waals surface area (Å²) in [5, 5.41) is 0. The van der Waals surface area contributed by atoms with E-state index in [4.69, 9.17) is 0 Å². The molecule has 4 heteroatoms. The van der Waals surface area contributed by atoms with Crippen LogP contribution in [-0.4, -0.2) is 28.9 Å². The number of nitrogens with one attached hydrogen (secondary N) is 1. The average molecular weight is 222 g/mol. The molecule has 1 aromatic heterocycles. The molecule has 0 spiro atoms. The Labute approximate surface area is 95.3 Å². The summed E-state index contributed by atoms with van der Waals surface area (Å²) in [4.78, 5) is 27.1. The SMILES string of the molecule is CC(C)C(C)N(C)C(=O)c1ccc(=O)[nH]c1. The van der Waals surface area contributed by atoms with Crippen molar-refractivity contribution in [2.75, 3.05) is 7.05 Å². The molecule has 1 rings (SSSR count). The topological polar surface area (TPSA) is 53.2 Å². The van der Waals surface area contributed by atoms with Crippen molar-refractivity contribution in [2.24, 2.45) is 5.92 Å². The zero-order valence-electron chi connectivity index (χ0n) is 10.2. The zero-order chi connectivity index (χ0) is 12.3. The highest BCUT2D eigenvalue weighted by Gasteiger charge is 2.19. The van der Waals surface area contributed by atoms with Crippen molar-refractivity contribution >= 4 is 5.91 Å². The van der Waals surface area contributed by atoms with Gasteiger partial charge in [-0.3, -0.25) is 9.59 Å². The first kappa shape index (κ1) is 12.5. The summed E-state index contributed by atoms with van der Waals surface area (Å²) >= 11 is 0. The van der Waals surface area contributed by atoms with E-state index in [9.17, 15) is 9.59 Å². The summed E-state index contributed by atoms with van der Waals surface area (Å²) in [7, 11) is 1.78. The van der Waals surface area contributed by atoms with Crippen molar-refractivity contribution in [3.05, 3.63) is 34.2 Å². The monoisotopic (exact) mass is 222 g/mol. The molecular weight excluding hydrogens is 204 g/mol. The van der Waals surface area contributed by atoms with E-state index < -0.39 is 0 Å². The predicted octanol–water partition coefficient (Wildman–Crippen LogP) is 1.49. The second-order valence-corrected chi connectivity index (χ2v) is 4.34. The molecule has 4 nitrogen and oxygen atoms in total. The smallest absolute Gasteiger partial charge is 0.255 e. The van der Waals surface area contributed by atoms with E-state index in [1.165, 1.54) is 12.3 Å². The van der Waals surface area contributed by atoms with Gasteiger partial charge in [-0.1, -0.05) is 13.8 Å². The van der Waals surface area contributed by atoms with Crippen LogP contribution >= 0.6 is 0 Å². The summed E-state index contributed by atoms with van der Waals surface area (Å²) in [5.41, 5.74) is 0.311. The largest absolute Gasteiger partial charge is 0.339 e. The van der Waals surface area contributed by atoms with Crippen LogP contribution in [0.1, 0.15) is 31.1 Å². The van der Waals surface area contributed by atoms with Crippen LogP contribution in [0.3, 0.4) is 0 Å². The molecule has 0 aliphatic rings. The molecule has 1 aromatic rings. The molecule has 1 unspecified atom stereocenters. The Morgan fingerprint density at radius 2 is 1.94 bits per heavy atom. The van der Waals surface area contributed by atoms with Gasteiger partial charge >= 0.3 is 0 Å². The fourth-order valence-electron chi connectivity index (χ4n) is 1.38. The van der Waals surface area contributed by atoms with Crippen LogP contribution in [0, 0.1) is 5.92 Å². The van der Waals surface area contributed by atoms with Gasteiger partial charge in [-0.25, -0.2) is 0 Å². The number of carbonyl (C=O) groups is 1. The van der Waals surface area contributed by atoms with E-state index in [1.807, 2.05) is 6.92 Å². The normalized spacial score (nSPS) is 12.6. The van der Waals surface area contributed by atoms with Gasteiger partial charge in [-0.05, 0) is 18.9 Å². The number of pyridine rings is 1. The van der Waals surface area contributed by atoms with Gasteiger partial charge in [0.25, 0.3) is 5.91 Å². The summed E-state index contributed by atoms with van der Waals surface area (Å²) in [6.45, 7) is 6.15. The Hall–Kier alpha value is -1.58. The minimum atomic E-state index is -0.198. The van der Waals surface area contributed by atoms with Gasteiger partial charge in [-0.15, -0.1) is 0 Å². The van der Waals surface area contributed by atoms with Crippen LogP contribution in [0.25, 0.3) is 0 Å². The molecule has 0 bridgehead atoms. The minimum absolute atomic E-state index is 0.0718. The lowest BCUT2D eigenvalue weighted by Crippen LogP contribution is -2.38. The Balaban J connectivity index is 2.86. The van der Waals surface area contributed by atoms with E-state index in [-0.39, 0.29) is 17.5 Å². The highest BCUT2D eigenvalue weighted by Crippen LogP contribution is 2.11. The maximum Gasteiger partial charge on any atom is 0.255 e. The van der Waals surface area contributed by atoms with Crippen molar-refractivity contribution < 1.29 is 4.79 Å². The van der Waals surface area contributed by atoms with Gasteiger partial charge in [0.2, 0.25) is 5.56 Å². The summed E-state index contributed by atoms with van der Waals surface area (Å²) in [6.07, 6.45) is 1.45. The highest BCUT2D eigenvalue weighted by atomic mass is 16.2. The molecule has 0 saturated heterocycles. The third kappa shape index (κ3) is 2.72. The second-order valence-electron chi connectivity index (χ2n) is 4.34. The Morgan fingerprint density at radius 1 is 1.31 bits per heavy atom. The number of nitrogens with zero attached hydrogens (tertiary/aromatic N) is 1. The molecule has 1 heterocycles. The molecule has 1 amide bonds. The third-order valence-corrected chi connectivity index (χ3v) is 2.93. The van der Waals surface area contributed by atoms with Crippen molar-refractivity contribution in [1.82, 2.24) is 9.88 Å². The molecule has 0 aliphatic heterocycles. The molecule has 0 fully saturated rings. The first-order chi connectivity index (χ1) is 7.43. The van der Waals surface area contributed by atoms with Crippen LogP contribution in [0.5, 0.6) is 0 Å². The quantitative estimate of drug-likeness (QED) is 0.842. The van der Waals surface area contributed by atoms with Crippen molar-refractivity contribution in [3.8, 4) is 0 Å². The fourth-order valence-corrected chi connectivity index (χ4v) is 1.38. The van der Waals surface area contributed by atoms with Crippen LogP contribution < -0.4 is 5.56 Å². The van der Waals surface area contributed by atoms with Gasteiger partial charge in [0.1, 0.15) is 0 Å². The molecule has 0 aliphatic carbocycles. The van der Waals surface area contributed by atoms with Crippen LogP contribution in [-0.2, 0) is 0 Å². The first-order valence-corrected chi connectivity index (χ1v) is 5.39. The number of hydrogen-bond donors (Lipinski definition) is 1. The molecule has 88 valence electrons. The Bertz CT molecular complexity index is 403. The van der Waals surface area contributed by atoms with Crippen molar-refractivity contribution in [1.29, 1.82) is 0 Å². The number of hydrogen-bond acceptors (Lipinski definition) is 2. The lowest BCUT2D eigenvalue weighted by molar-refractivity contribution is 0.0706. The Morgan fingerprint density at radius 3 is 2.38 bits per heavy atom. The summed E-state index contributed by atoms with van der Waals surface area (Å²) in [5.74, 6) is 0.328. The van der Waals surface area contributed by atoms with Crippen molar-refractivity contribution in [3.63, 3.8) is 0 Å². The third-order valence-electron chi connectivity index (χ3n) is 2.93. The van der Waals surface area contributed by atoms with Gasteiger partial charge in [0.15, 0.2) is 0 Å². The first-order valence-electron chi connectivity index (χ1n) is 5.39. The maximum absolute atomic E-state index is 12.0. The van der Waals surface area contributed by atoms with E-state index >= 15 is 0 Å². The van der Waals surface area contributed by atoms with E-state index in [1.54, 1.807) is 18.0 Å². The summed E-state index contributed by atoms with van der Waals surface area (Å²) in [6, 6.07) is 3.07.